The summed E-state index contributed by atoms with van der Waals surface area (Å²) in [7, 11) is -3.92. The molecule has 0 radical (unpaired) electrons. The van der Waals surface area contributed by atoms with Crippen molar-refractivity contribution in [1.29, 1.82) is 0 Å². The molecule has 0 aliphatic carbocycles. The van der Waals surface area contributed by atoms with Crippen LogP contribution in [0.1, 0.15) is 6.92 Å². The minimum Gasteiger partial charge on any atom is -0.394 e. The Bertz CT molecular complexity index is 661. The van der Waals surface area contributed by atoms with E-state index in [1.165, 1.54) is 24.3 Å². The maximum atomic E-state index is 11.8. The number of amides is 1. The lowest BCUT2D eigenvalue weighted by Crippen LogP contribution is -2.36. The molecule has 0 aromatic heterocycles. The number of sulfonamides is 1. The van der Waals surface area contributed by atoms with Crippen molar-refractivity contribution in [2.45, 2.75) is 36.4 Å². The second-order valence-corrected chi connectivity index (χ2v) is 6.77. The van der Waals surface area contributed by atoms with Crippen LogP contribution in [0.4, 0.5) is 5.69 Å². The zero-order valence-electron chi connectivity index (χ0n) is 12.2. The van der Waals surface area contributed by atoms with Gasteiger partial charge in [-0.3, -0.25) is 4.79 Å². The molecule has 10 heteroatoms. The highest BCUT2D eigenvalue weighted by atomic mass is 32.2. The zero-order valence-corrected chi connectivity index (χ0v) is 13.0. The number of anilines is 1. The number of rotatable bonds is 5. The maximum Gasteiger partial charge on any atom is 0.264 e. The third-order valence-electron chi connectivity index (χ3n) is 3.29. The Kier molecular flexibility index (Phi) is 5.22. The molecule has 2 rings (SSSR count). The van der Waals surface area contributed by atoms with Crippen LogP contribution in [0.15, 0.2) is 29.2 Å². The predicted octanol–water partition coefficient (Wildman–Crippen LogP) is -1.64. The summed E-state index contributed by atoms with van der Waals surface area (Å²) in [5, 5.41) is 31.2. The summed E-state index contributed by atoms with van der Waals surface area (Å²) in [5.74, 6) is -0.696. The number of ether oxygens (including phenoxy) is 1. The molecule has 1 aliphatic heterocycles. The van der Waals surface area contributed by atoms with Gasteiger partial charge in [-0.2, -0.15) is 0 Å². The molecule has 9 nitrogen and oxygen atoms in total. The number of aliphatic hydroxyl groups is 3. The van der Waals surface area contributed by atoms with Gasteiger partial charge in [0.15, 0.2) is 6.23 Å². The molecule has 0 saturated carbocycles. The van der Waals surface area contributed by atoms with E-state index in [9.17, 15) is 23.4 Å². The van der Waals surface area contributed by atoms with Gasteiger partial charge in [-0.05, 0) is 24.3 Å². The molecule has 1 heterocycles. The summed E-state index contributed by atoms with van der Waals surface area (Å²) in [6.07, 6.45) is -4.31. The van der Waals surface area contributed by atoms with E-state index in [0.29, 0.717) is 5.69 Å². The van der Waals surface area contributed by atoms with Crippen molar-refractivity contribution in [2.24, 2.45) is 0 Å². The number of hydrogen-bond donors (Lipinski definition) is 5. The first-order valence-corrected chi connectivity index (χ1v) is 8.25. The summed E-state index contributed by atoms with van der Waals surface area (Å²) in [5.41, 5.74) is 0.432. The van der Waals surface area contributed by atoms with Gasteiger partial charge < -0.3 is 25.4 Å². The van der Waals surface area contributed by atoms with Crippen molar-refractivity contribution in [3.05, 3.63) is 24.3 Å². The Morgan fingerprint density at radius 3 is 2.30 bits per heavy atom. The maximum absolute atomic E-state index is 11.8. The van der Waals surface area contributed by atoms with Crippen molar-refractivity contribution in [1.82, 2.24) is 4.72 Å². The SMILES string of the molecule is CC(=O)NS(=O)(=O)c1ccc(NC2O[C@H](CO)[C@@H](O)[C@H]2O)cc1. The molecule has 1 amide bonds. The molecule has 1 aromatic rings. The van der Waals surface area contributed by atoms with Crippen molar-refractivity contribution >= 4 is 21.6 Å². The van der Waals surface area contributed by atoms with Gasteiger partial charge in [-0.25, -0.2) is 13.1 Å². The van der Waals surface area contributed by atoms with E-state index in [0.717, 1.165) is 6.92 Å². The number of carbonyl (C=O) groups is 1. The highest BCUT2D eigenvalue weighted by Crippen LogP contribution is 2.23. The van der Waals surface area contributed by atoms with E-state index < -0.39 is 47.1 Å². The minimum absolute atomic E-state index is 0.0978. The molecule has 0 spiro atoms. The van der Waals surface area contributed by atoms with Gasteiger partial charge in [-0.1, -0.05) is 0 Å². The van der Waals surface area contributed by atoms with Crippen molar-refractivity contribution in [3.8, 4) is 0 Å². The topological polar surface area (TPSA) is 145 Å². The zero-order chi connectivity index (χ0) is 17.2. The van der Waals surface area contributed by atoms with E-state index in [1.54, 1.807) is 0 Å². The molecule has 0 bridgehead atoms. The monoisotopic (exact) mass is 346 g/mol. The number of carbonyl (C=O) groups excluding carboxylic acids is 1. The van der Waals surface area contributed by atoms with Gasteiger partial charge in [-0.15, -0.1) is 0 Å². The molecule has 1 fully saturated rings. The van der Waals surface area contributed by atoms with E-state index in [2.05, 4.69) is 5.32 Å². The fraction of sp³-hybridized carbons (Fsp3) is 0.462. The molecule has 128 valence electrons. The van der Waals surface area contributed by atoms with Gasteiger partial charge in [0.05, 0.1) is 11.5 Å². The van der Waals surface area contributed by atoms with Crippen LogP contribution in [-0.4, -0.2) is 60.8 Å². The van der Waals surface area contributed by atoms with Crippen molar-refractivity contribution in [2.75, 3.05) is 11.9 Å². The van der Waals surface area contributed by atoms with E-state index in [4.69, 9.17) is 9.84 Å². The molecular weight excluding hydrogens is 328 g/mol. The molecule has 1 aromatic carbocycles. The highest BCUT2D eigenvalue weighted by molar-refractivity contribution is 7.90. The second-order valence-electron chi connectivity index (χ2n) is 5.09. The van der Waals surface area contributed by atoms with Gasteiger partial charge in [0.2, 0.25) is 5.91 Å². The number of hydrogen-bond acceptors (Lipinski definition) is 8. The van der Waals surface area contributed by atoms with Crippen LogP contribution in [0, 0.1) is 0 Å². The molecular formula is C13H18N2O7S. The van der Waals surface area contributed by atoms with Gasteiger partial charge in [0.25, 0.3) is 10.0 Å². The predicted molar refractivity (Wildman–Crippen MR) is 78.8 cm³/mol. The van der Waals surface area contributed by atoms with Gasteiger partial charge >= 0.3 is 0 Å². The molecule has 23 heavy (non-hydrogen) atoms. The molecule has 1 unspecified atom stereocenters. The first kappa shape index (κ1) is 17.6. The van der Waals surface area contributed by atoms with E-state index in [1.807, 2.05) is 4.72 Å². The number of nitrogens with one attached hydrogen (secondary N) is 2. The standard InChI is InChI=1S/C13H18N2O7S/c1-7(17)15-23(20,21)9-4-2-8(3-5-9)14-13-12(19)11(18)10(6-16)22-13/h2-5,10-14,16,18-19H,6H2,1H3,(H,15,17)/t10-,11-,12-,13?/m1/s1. The quantitative estimate of drug-likeness (QED) is 0.427. The fourth-order valence-electron chi connectivity index (χ4n) is 2.16. The van der Waals surface area contributed by atoms with Crippen LogP contribution < -0.4 is 10.0 Å². The highest BCUT2D eigenvalue weighted by Gasteiger charge is 2.42. The average molecular weight is 346 g/mol. The normalized spacial score (nSPS) is 27.7. The summed E-state index contributed by atoms with van der Waals surface area (Å²) in [6, 6.07) is 5.39. The van der Waals surface area contributed by atoms with Crippen molar-refractivity contribution in [3.63, 3.8) is 0 Å². The van der Waals surface area contributed by atoms with Gasteiger partial charge in [0.1, 0.15) is 18.3 Å². The van der Waals surface area contributed by atoms with Crippen LogP contribution in [0.3, 0.4) is 0 Å². The first-order chi connectivity index (χ1) is 10.7. The van der Waals surface area contributed by atoms with Gasteiger partial charge in [0, 0.05) is 12.6 Å². The average Bonchev–Trinajstić information content (AvgIpc) is 2.74. The second kappa shape index (κ2) is 6.81. The summed E-state index contributed by atoms with van der Waals surface area (Å²) in [4.78, 5) is 10.8. The summed E-state index contributed by atoms with van der Waals surface area (Å²) >= 11 is 0. The Hall–Kier alpha value is -1.72. The Balaban J connectivity index is 2.08. The number of aliphatic hydroxyl groups excluding tert-OH is 3. The molecule has 1 aliphatic rings. The molecule has 5 N–H and O–H groups in total. The lowest BCUT2D eigenvalue weighted by atomic mass is 10.1. The minimum atomic E-state index is -3.92. The largest absolute Gasteiger partial charge is 0.394 e. The molecule has 4 atom stereocenters. The summed E-state index contributed by atoms with van der Waals surface area (Å²) < 4.78 is 30.7. The third-order valence-corrected chi connectivity index (χ3v) is 4.74. The van der Waals surface area contributed by atoms with Crippen LogP contribution in [0.5, 0.6) is 0 Å². The Morgan fingerprint density at radius 2 is 1.83 bits per heavy atom. The van der Waals surface area contributed by atoms with Crippen molar-refractivity contribution < 1.29 is 33.3 Å². The molecule has 1 saturated heterocycles. The van der Waals surface area contributed by atoms with Crippen LogP contribution in [-0.2, 0) is 19.6 Å². The fourth-order valence-corrected chi connectivity index (χ4v) is 3.15. The third kappa shape index (κ3) is 3.98. The van der Waals surface area contributed by atoms with E-state index >= 15 is 0 Å². The lowest BCUT2D eigenvalue weighted by molar-refractivity contribution is -0.117. The Labute approximate surface area is 132 Å². The van der Waals surface area contributed by atoms with Crippen LogP contribution >= 0.6 is 0 Å². The van der Waals surface area contributed by atoms with Crippen LogP contribution in [0.25, 0.3) is 0 Å². The Morgan fingerprint density at radius 1 is 1.22 bits per heavy atom. The summed E-state index contributed by atoms with van der Waals surface area (Å²) in [6.45, 7) is 0.652. The van der Waals surface area contributed by atoms with Crippen LogP contribution in [0.2, 0.25) is 0 Å². The first-order valence-electron chi connectivity index (χ1n) is 6.77. The number of benzene rings is 1. The lowest BCUT2D eigenvalue weighted by Gasteiger charge is -2.17. The smallest absolute Gasteiger partial charge is 0.264 e. The van der Waals surface area contributed by atoms with E-state index in [-0.39, 0.29) is 4.90 Å².